The molecule has 1 heterocycles. The van der Waals surface area contributed by atoms with Gasteiger partial charge >= 0.3 is 5.97 Å². The number of methoxy groups -OCH3 is 1. The van der Waals surface area contributed by atoms with E-state index in [0.717, 1.165) is 4.47 Å². The van der Waals surface area contributed by atoms with Crippen molar-refractivity contribution in [2.45, 2.75) is 6.61 Å². The van der Waals surface area contributed by atoms with Crippen molar-refractivity contribution >= 4 is 21.9 Å². The summed E-state index contributed by atoms with van der Waals surface area (Å²) in [5.74, 6) is 0.0502. The van der Waals surface area contributed by atoms with E-state index in [-0.39, 0.29) is 6.61 Å². The van der Waals surface area contributed by atoms with Crippen LogP contribution >= 0.6 is 15.9 Å². The molecule has 2 rings (SSSR count). The van der Waals surface area contributed by atoms with Crippen LogP contribution in [0, 0.1) is 11.3 Å². The number of hydrogen-bond acceptors (Lipinski definition) is 5. The highest BCUT2D eigenvalue weighted by molar-refractivity contribution is 9.10. The predicted octanol–water partition coefficient (Wildman–Crippen LogP) is 3.08. The van der Waals surface area contributed by atoms with E-state index >= 15 is 0 Å². The van der Waals surface area contributed by atoms with E-state index < -0.39 is 5.97 Å². The predicted molar refractivity (Wildman–Crippen MR) is 78.8 cm³/mol. The van der Waals surface area contributed by atoms with E-state index in [9.17, 15) is 4.79 Å². The van der Waals surface area contributed by atoms with E-state index in [0.29, 0.717) is 22.6 Å². The Morgan fingerprint density at radius 2 is 2.19 bits per heavy atom. The van der Waals surface area contributed by atoms with Gasteiger partial charge in [-0.2, -0.15) is 5.26 Å². The molecule has 21 heavy (non-hydrogen) atoms. The summed E-state index contributed by atoms with van der Waals surface area (Å²) in [5.41, 5.74) is 1.47. The molecule has 0 atom stereocenters. The van der Waals surface area contributed by atoms with Crippen LogP contribution in [-0.2, 0) is 11.3 Å². The van der Waals surface area contributed by atoms with Crippen LogP contribution in [0.3, 0.4) is 0 Å². The highest BCUT2D eigenvalue weighted by atomic mass is 79.9. The van der Waals surface area contributed by atoms with Gasteiger partial charge in [0.2, 0.25) is 0 Å². The molecule has 0 aliphatic carbocycles. The first-order valence-electron chi connectivity index (χ1n) is 5.99. The van der Waals surface area contributed by atoms with Gasteiger partial charge in [-0.3, -0.25) is 4.98 Å². The summed E-state index contributed by atoms with van der Waals surface area (Å²) in [5, 5.41) is 9.05. The average molecular weight is 347 g/mol. The van der Waals surface area contributed by atoms with Gasteiger partial charge in [0.1, 0.15) is 18.4 Å². The number of carbonyl (C=O) groups excluding carboxylic acids is 1. The number of ether oxygens (including phenoxy) is 2. The summed E-state index contributed by atoms with van der Waals surface area (Å²) in [6, 6.07) is 10.6. The van der Waals surface area contributed by atoms with Crippen molar-refractivity contribution in [3.63, 3.8) is 0 Å². The van der Waals surface area contributed by atoms with Crippen LogP contribution in [0.1, 0.15) is 21.6 Å². The average Bonchev–Trinajstić information content (AvgIpc) is 2.53. The third-order valence-electron chi connectivity index (χ3n) is 2.68. The zero-order valence-electron chi connectivity index (χ0n) is 11.2. The summed E-state index contributed by atoms with van der Waals surface area (Å²) in [6.45, 7) is 0.206. The van der Waals surface area contributed by atoms with E-state index in [4.69, 9.17) is 10.00 Å². The van der Waals surface area contributed by atoms with Gasteiger partial charge in [-0.1, -0.05) is 15.9 Å². The van der Waals surface area contributed by atoms with Crippen molar-refractivity contribution in [3.05, 3.63) is 57.8 Å². The first-order chi connectivity index (χ1) is 10.1. The lowest BCUT2D eigenvalue weighted by atomic mass is 10.2. The highest BCUT2D eigenvalue weighted by Gasteiger charge is 2.07. The SMILES string of the molecule is COC(=O)c1ccc(COc2ccc(Br)cc2C#N)nc1. The largest absolute Gasteiger partial charge is 0.486 e. The molecular formula is C15H11BrN2O3. The molecule has 0 aliphatic heterocycles. The number of halogens is 1. The van der Waals surface area contributed by atoms with Crippen LogP contribution in [-0.4, -0.2) is 18.1 Å². The number of esters is 1. The maximum absolute atomic E-state index is 11.3. The van der Waals surface area contributed by atoms with Crippen LogP contribution in [0.15, 0.2) is 41.0 Å². The van der Waals surface area contributed by atoms with Crippen molar-refractivity contribution in [1.82, 2.24) is 4.98 Å². The summed E-state index contributed by atoms with van der Waals surface area (Å²) < 4.78 is 11.0. The van der Waals surface area contributed by atoms with Gasteiger partial charge < -0.3 is 9.47 Å². The van der Waals surface area contributed by atoms with E-state index in [1.54, 1.807) is 30.3 Å². The molecule has 0 N–H and O–H groups in total. The minimum absolute atomic E-state index is 0.206. The lowest BCUT2D eigenvalue weighted by molar-refractivity contribution is 0.0600. The fourth-order valence-electron chi connectivity index (χ4n) is 1.62. The first-order valence-corrected chi connectivity index (χ1v) is 6.79. The molecule has 0 fully saturated rings. The van der Waals surface area contributed by atoms with Crippen molar-refractivity contribution in [3.8, 4) is 11.8 Å². The molecule has 6 heteroatoms. The topological polar surface area (TPSA) is 72.2 Å². The van der Waals surface area contributed by atoms with Gasteiger partial charge in [-0.25, -0.2) is 4.79 Å². The molecule has 0 amide bonds. The number of nitrogens with zero attached hydrogens (tertiary/aromatic N) is 2. The van der Waals surface area contributed by atoms with Crippen LogP contribution in [0.2, 0.25) is 0 Å². The monoisotopic (exact) mass is 346 g/mol. The maximum atomic E-state index is 11.3. The zero-order chi connectivity index (χ0) is 15.2. The Labute approximate surface area is 130 Å². The third-order valence-corrected chi connectivity index (χ3v) is 3.18. The number of hydrogen-bond donors (Lipinski definition) is 0. The minimum Gasteiger partial charge on any atom is -0.486 e. The van der Waals surface area contributed by atoms with Crippen LogP contribution in [0.5, 0.6) is 5.75 Å². The third kappa shape index (κ3) is 3.80. The summed E-state index contributed by atoms with van der Waals surface area (Å²) >= 11 is 3.30. The summed E-state index contributed by atoms with van der Waals surface area (Å²) in [4.78, 5) is 15.4. The Morgan fingerprint density at radius 3 is 2.81 bits per heavy atom. The molecule has 1 aromatic carbocycles. The number of pyridine rings is 1. The fourth-order valence-corrected chi connectivity index (χ4v) is 1.98. The number of aromatic nitrogens is 1. The van der Waals surface area contributed by atoms with Gasteiger partial charge in [0.25, 0.3) is 0 Å². The molecule has 0 aliphatic rings. The Kier molecular flexibility index (Phi) is 4.90. The van der Waals surface area contributed by atoms with Crippen molar-refractivity contribution < 1.29 is 14.3 Å². The molecule has 0 unspecified atom stereocenters. The normalized spacial score (nSPS) is 9.76. The van der Waals surface area contributed by atoms with Gasteiger partial charge in [0, 0.05) is 10.7 Å². The number of rotatable bonds is 4. The lowest BCUT2D eigenvalue weighted by Gasteiger charge is -2.08. The van der Waals surface area contributed by atoms with Crippen LogP contribution in [0.4, 0.5) is 0 Å². The van der Waals surface area contributed by atoms with Gasteiger partial charge in [0.05, 0.1) is 23.9 Å². The molecule has 0 radical (unpaired) electrons. The zero-order valence-corrected chi connectivity index (χ0v) is 12.8. The summed E-state index contributed by atoms with van der Waals surface area (Å²) in [6.07, 6.45) is 1.43. The number of benzene rings is 1. The minimum atomic E-state index is -0.436. The molecule has 5 nitrogen and oxygen atoms in total. The smallest absolute Gasteiger partial charge is 0.339 e. The molecule has 0 saturated heterocycles. The standard InChI is InChI=1S/C15H11BrN2O3/c1-20-15(19)10-2-4-13(18-8-10)9-21-14-5-3-12(16)6-11(14)7-17/h2-6,8H,9H2,1H3. The maximum Gasteiger partial charge on any atom is 0.339 e. The number of carbonyl (C=O) groups is 1. The Hall–Kier alpha value is -2.39. The molecule has 106 valence electrons. The quantitative estimate of drug-likeness (QED) is 0.795. The fraction of sp³-hybridized carbons (Fsp3) is 0.133. The van der Waals surface area contributed by atoms with Crippen LogP contribution in [0.25, 0.3) is 0 Å². The lowest BCUT2D eigenvalue weighted by Crippen LogP contribution is -2.04. The van der Waals surface area contributed by atoms with Crippen LogP contribution < -0.4 is 4.74 Å². The Bertz CT molecular complexity index is 693. The van der Waals surface area contributed by atoms with Gasteiger partial charge in [-0.05, 0) is 30.3 Å². The number of nitriles is 1. The molecular weight excluding hydrogens is 336 g/mol. The summed E-state index contributed by atoms with van der Waals surface area (Å²) in [7, 11) is 1.32. The Balaban J connectivity index is 2.07. The van der Waals surface area contributed by atoms with Gasteiger partial charge in [0.15, 0.2) is 0 Å². The second-order valence-corrected chi connectivity index (χ2v) is 4.99. The van der Waals surface area contributed by atoms with Crippen molar-refractivity contribution in [1.29, 1.82) is 5.26 Å². The molecule has 0 bridgehead atoms. The van der Waals surface area contributed by atoms with E-state index in [1.165, 1.54) is 13.3 Å². The second kappa shape index (κ2) is 6.86. The molecule has 0 spiro atoms. The van der Waals surface area contributed by atoms with E-state index in [1.807, 2.05) is 0 Å². The molecule has 2 aromatic rings. The Morgan fingerprint density at radius 1 is 1.38 bits per heavy atom. The van der Waals surface area contributed by atoms with Crippen molar-refractivity contribution in [2.75, 3.05) is 7.11 Å². The molecule has 0 saturated carbocycles. The van der Waals surface area contributed by atoms with E-state index in [2.05, 4.69) is 31.7 Å². The molecule has 1 aromatic heterocycles. The van der Waals surface area contributed by atoms with Crippen molar-refractivity contribution in [2.24, 2.45) is 0 Å². The highest BCUT2D eigenvalue weighted by Crippen LogP contribution is 2.23. The first kappa shape index (κ1) is 15.0. The second-order valence-electron chi connectivity index (χ2n) is 4.07. The van der Waals surface area contributed by atoms with Gasteiger partial charge in [-0.15, -0.1) is 0 Å².